The topological polar surface area (TPSA) is 67.7 Å². The Kier molecular flexibility index (Phi) is 4.05. The molecule has 1 aliphatic rings. The van der Waals surface area contributed by atoms with E-state index in [9.17, 15) is 4.21 Å². The van der Waals surface area contributed by atoms with Crippen LogP contribution in [0.25, 0.3) is 0 Å². The van der Waals surface area contributed by atoms with Crippen molar-refractivity contribution in [2.45, 2.75) is 19.9 Å². The molecule has 1 aromatic heterocycles. The van der Waals surface area contributed by atoms with Gasteiger partial charge in [0.25, 0.3) is 0 Å². The van der Waals surface area contributed by atoms with Crippen molar-refractivity contribution in [1.82, 2.24) is 9.97 Å². The van der Waals surface area contributed by atoms with Crippen LogP contribution >= 0.6 is 0 Å². The van der Waals surface area contributed by atoms with Gasteiger partial charge in [-0.1, -0.05) is 0 Å². The highest BCUT2D eigenvalue weighted by Gasteiger charge is 2.21. The third-order valence-corrected chi connectivity index (χ3v) is 3.41. The van der Waals surface area contributed by atoms with Crippen LogP contribution in [0.2, 0.25) is 0 Å². The third kappa shape index (κ3) is 3.87. The minimum Gasteiger partial charge on any atom is -0.377 e. The highest BCUT2D eigenvalue weighted by atomic mass is 32.2. The molecule has 1 aromatic rings. The molecule has 0 spiro atoms. The number of nitrogens with zero attached hydrogens (tertiary/aromatic N) is 4. The number of hydrogen-bond donors (Lipinski definition) is 0. The zero-order valence-corrected chi connectivity index (χ0v) is 12.6. The van der Waals surface area contributed by atoms with E-state index in [4.69, 9.17) is 4.74 Å². The molecule has 0 saturated carbocycles. The summed E-state index contributed by atoms with van der Waals surface area (Å²) in [7, 11) is -2.21. The van der Waals surface area contributed by atoms with E-state index in [1.807, 2.05) is 6.92 Å². The van der Waals surface area contributed by atoms with Crippen molar-refractivity contribution >= 4 is 21.4 Å². The second-order valence-electron chi connectivity index (χ2n) is 5.02. The quantitative estimate of drug-likeness (QED) is 0.820. The predicted molar refractivity (Wildman–Crippen MR) is 76.5 cm³/mol. The van der Waals surface area contributed by atoms with Crippen LogP contribution in [0.5, 0.6) is 0 Å². The van der Waals surface area contributed by atoms with E-state index in [1.54, 1.807) is 18.6 Å². The molecular formula is C12H20N4O2S. The Hall–Kier alpha value is -1.21. The monoisotopic (exact) mass is 284 g/mol. The molecule has 1 fully saturated rings. The molecule has 106 valence electrons. The van der Waals surface area contributed by atoms with Crippen LogP contribution in [-0.4, -0.2) is 52.5 Å². The van der Waals surface area contributed by atoms with Crippen LogP contribution in [0.4, 0.5) is 11.6 Å². The lowest BCUT2D eigenvalue weighted by Gasteiger charge is -2.34. The SMILES string of the molecule is Cc1nc(N=S(C)(C)=O)cc(N2CCOCC2C)n1. The number of hydrogen-bond acceptors (Lipinski definition) is 6. The van der Waals surface area contributed by atoms with Gasteiger partial charge in [-0.25, -0.2) is 14.2 Å². The Balaban J connectivity index is 2.39. The number of morpholine rings is 1. The van der Waals surface area contributed by atoms with Crippen molar-refractivity contribution < 1.29 is 8.95 Å². The van der Waals surface area contributed by atoms with E-state index in [-0.39, 0.29) is 6.04 Å². The van der Waals surface area contributed by atoms with E-state index in [0.29, 0.717) is 24.9 Å². The van der Waals surface area contributed by atoms with E-state index in [1.165, 1.54) is 0 Å². The summed E-state index contributed by atoms with van der Waals surface area (Å²) in [5.41, 5.74) is 0. The molecule has 0 aromatic carbocycles. The van der Waals surface area contributed by atoms with E-state index < -0.39 is 9.73 Å². The normalized spacial score (nSPS) is 20.4. The molecule has 0 bridgehead atoms. The molecule has 1 unspecified atom stereocenters. The molecule has 7 heteroatoms. The van der Waals surface area contributed by atoms with Crippen LogP contribution < -0.4 is 4.90 Å². The number of aromatic nitrogens is 2. The summed E-state index contributed by atoms with van der Waals surface area (Å²) >= 11 is 0. The summed E-state index contributed by atoms with van der Waals surface area (Å²) in [6.45, 7) is 6.09. The fraction of sp³-hybridized carbons (Fsp3) is 0.667. The third-order valence-electron chi connectivity index (χ3n) is 2.79. The van der Waals surface area contributed by atoms with Crippen LogP contribution in [0.3, 0.4) is 0 Å². The minimum absolute atomic E-state index is 0.267. The first-order valence-corrected chi connectivity index (χ1v) is 8.55. The van der Waals surface area contributed by atoms with Crippen LogP contribution in [0, 0.1) is 6.92 Å². The van der Waals surface area contributed by atoms with Crippen molar-refractivity contribution in [3.05, 3.63) is 11.9 Å². The minimum atomic E-state index is -2.21. The van der Waals surface area contributed by atoms with Crippen LogP contribution in [0.1, 0.15) is 12.7 Å². The number of aryl methyl sites for hydroxylation is 1. The van der Waals surface area contributed by atoms with Gasteiger partial charge in [0.15, 0.2) is 5.82 Å². The standard InChI is InChI=1S/C12H20N4O2S/c1-9-8-18-6-5-16(9)12-7-11(13-10(2)14-12)15-19(3,4)17/h7,9H,5-6,8H2,1-4H3. The van der Waals surface area contributed by atoms with Crippen LogP contribution in [-0.2, 0) is 14.5 Å². The molecule has 6 nitrogen and oxygen atoms in total. The fourth-order valence-electron chi connectivity index (χ4n) is 2.02. The van der Waals surface area contributed by atoms with E-state index in [2.05, 4.69) is 26.2 Å². The smallest absolute Gasteiger partial charge is 0.167 e. The summed E-state index contributed by atoms with van der Waals surface area (Å²) in [5.74, 6) is 1.94. The van der Waals surface area contributed by atoms with Gasteiger partial charge in [-0.2, -0.15) is 4.36 Å². The maximum absolute atomic E-state index is 11.8. The maximum Gasteiger partial charge on any atom is 0.167 e. The first kappa shape index (κ1) is 14.2. The number of anilines is 1. The van der Waals surface area contributed by atoms with Crippen LogP contribution in [0.15, 0.2) is 10.4 Å². The number of rotatable bonds is 2. The molecule has 1 atom stereocenters. The second-order valence-corrected chi connectivity index (χ2v) is 7.57. The van der Waals surface area contributed by atoms with Crippen molar-refractivity contribution in [3.8, 4) is 0 Å². The summed E-state index contributed by atoms with van der Waals surface area (Å²) < 4.78 is 21.3. The lowest BCUT2D eigenvalue weighted by molar-refractivity contribution is 0.0985. The number of ether oxygens (including phenoxy) is 1. The first-order chi connectivity index (χ1) is 8.85. The Morgan fingerprint density at radius 2 is 2.21 bits per heavy atom. The zero-order chi connectivity index (χ0) is 14.0. The molecule has 0 amide bonds. The van der Waals surface area contributed by atoms with Gasteiger partial charge in [-0.3, -0.25) is 0 Å². The van der Waals surface area contributed by atoms with Gasteiger partial charge in [0, 0.05) is 34.9 Å². The van der Waals surface area contributed by atoms with Gasteiger partial charge in [-0.05, 0) is 13.8 Å². The first-order valence-electron chi connectivity index (χ1n) is 6.22. The molecule has 19 heavy (non-hydrogen) atoms. The second kappa shape index (κ2) is 5.42. The molecular weight excluding hydrogens is 264 g/mol. The summed E-state index contributed by atoms with van der Waals surface area (Å²) in [5, 5.41) is 0. The summed E-state index contributed by atoms with van der Waals surface area (Å²) in [4.78, 5) is 10.8. The van der Waals surface area contributed by atoms with Gasteiger partial charge >= 0.3 is 0 Å². The lowest BCUT2D eigenvalue weighted by Crippen LogP contribution is -2.44. The fourth-order valence-corrected chi connectivity index (χ4v) is 2.57. The van der Waals surface area contributed by atoms with Gasteiger partial charge in [0.2, 0.25) is 0 Å². The van der Waals surface area contributed by atoms with Gasteiger partial charge in [0.05, 0.1) is 19.3 Å². The molecule has 0 aliphatic carbocycles. The molecule has 2 heterocycles. The van der Waals surface area contributed by atoms with Crippen molar-refractivity contribution in [1.29, 1.82) is 0 Å². The van der Waals surface area contributed by atoms with Gasteiger partial charge in [0.1, 0.15) is 11.6 Å². The molecule has 1 aliphatic heterocycles. The van der Waals surface area contributed by atoms with Crippen molar-refractivity contribution in [2.75, 3.05) is 37.2 Å². The summed E-state index contributed by atoms with van der Waals surface area (Å²) in [6, 6.07) is 2.06. The Morgan fingerprint density at radius 3 is 2.84 bits per heavy atom. The molecule has 0 radical (unpaired) electrons. The zero-order valence-electron chi connectivity index (χ0n) is 11.8. The Bertz CT molecular complexity index is 573. The predicted octanol–water partition coefficient (Wildman–Crippen LogP) is 1.37. The highest BCUT2D eigenvalue weighted by molar-refractivity contribution is 7.92. The molecule has 2 rings (SSSR count). The van der Waals surface area contributed by atoms with Gasteiger partial charge in [-0.15, -0.1) is 0 Å². The van der Waals surface area contributed by atoms with Gasteiger partial charge < -0.3 is 9.64 Å². The maximum atomic E-state index is 11.8. The van der Waals surface area contributed by atoms with E-state index >= 15 is 0 Å². The average Bonchev–Trinajstić information content (AvgIpc) is 2.26. The largest absolute Gasteiger partial charge is 0.377 e. The molecule has 0 N–H and O–H groups in total. The Labute approximate surface area is 114 Å². The van der Waals surface area contributed by atoms with Crippen molar-refractivity contribution in [3.63, 3.8) is 0 Å². The molecule has 1 saturated heterocycles. The lowest BCUT2D eigenvalue weighted by atomic mass is 10.2. The van der Waals surface area contributed by atoms with Crippen molar-refractivity contribution in [2.24, 2.45) is 4.36 Å². The summed E-state index contributed by atoms with van der Waals surface area (Å²) in [6.07, 6.45) is 3.20. The highest BCUT2D eigenvalue weighted by Crippen LogP contribution is 2.22. The average molecular weight is 284 g/mol. The van der Waals surface area contributed by atoms with E-state index in [0.717, 1.165) is 12.4 Å². The Morgan fingerprint density at radius 1 is 1.47 bits per heavy atom.